The Morgan fingerprint density at radius 3 is 2.36 bits per heavy atom. The van der Waals surface area contributed by atoms with Crippen LogP contribution in [-0.4, -0.2) is 29.2 Å². The maximum atomic E-state index is 13.2. The number of carboxylic acid groups (broad SMARTS) is 1. The molecule has 2 N–H and O–H groups in total. The van der Waals surface area contributed by atoms with Crippen LogP contribution < -0.4 is 10.2 Å². The van der Waals surface area contributed by atoms with Crippen molar-refractivity contribution in [1.82, 2.24) is 5.32 Å². The quantitative estimate of drug-likeness (QED) is 0.848. The zero-order chi connectivity index (χ0) is 18.0. The Bertz CT molecular complexity index is 805. The van der Waals surface area contributed by atoms with Crippen molar-refractivity contribution < 1.29 is 14.7 Å². The van der Waals surface area contributed by atoms with Crippen LogP contribution in [0.5, 0.6) is 0 Å². The summed E-state index contributed by atoms with van der Waals surface area (Å²) in [5.41, 5.74) is -0.757. The summed E-state index contributed by atoms with van der Waals surface area (Å²) in [6.07, 6.45) is 0.938. The first kappa shape index (κ1) is 17.7. The molecule has 2 aromatic rings. The molecule has 130 valence electrons. The van der Waals surface area contributed by atoms with Gasteiger partial charge in [-0.3, -0.25) is 15.0 Å². The number of halogens is 2. The minimum atomic E-state index is -1.52. The van der Waals surface area contributed by atoms with E-state index in [0.717, 1.165) is 0 Å². The lowest BCUT2D eigenvalue weighted by molar-refractivity contribution is -0.144. The van der Waals surface area contributed by atoms with Gasteiger partial charge < -0.3 is 5.11 Å². The number of rotatable bonds is 4. The summed E-state index contributed by atoms with van der Waals surface area (Å²) in [5, 5.41) is 13.5. The molecular formula is C18H16Cl2N2O3. The first-order valence-corrected chi connectivity index (χ1v) is 8.54. The van der Waals surface area contributed by atoms with Crippen molar-refractivity contribution in [1.29, 1.82) is 0 Å². The average molecular weight is 379 g/mol. The summed E-state index contributed by atoms with van der Waals surface area (Å²) in [4.78, 5) is 26.6. The molecule has 1 heterocycles. The maximum absolute atomic E-state index is 13.2. The highest BCUT2D eigenvalue weighted by atomic mass is 35.5. The second kappa shape index (κ2) is 7.04. The predicted molar refractivity (Wildman–Crippen MR) is 97.3 cm³/mol. The molecule has 0 unspecified atom stereocenters. The number of carbonyl (C=O) groups is 2. The summed E-state index contributed by atoms with van der Waals surface area (Å²) >= 11 is 12.1. The molecule has 1 saturated heterocycles. The first-order chi connectivity index (χ1) is 12.0. The lowest BCUT2D eigenvalue weighted by Gasteiger charge is -2.38. The third-order valence-corrected chi connectivity index (χ3v) is 4.99. The van der Waals surface area contributed by atoms with Crippen molar-refractivity contribution in [2.45, 2.75) is 18.5 Å². The van der Waals surface area contributed by atoms with Gasteiger partial charge in [0.25, 0.3) is 5.91 Å². The van der Waals surface area contributed by atoms with Gasteiger partial charge in [0.2, 0.25) is 0 Å². The van der Waals surface area contributed by atoms with Gasteiger partial charge in [0.1, 0.15) is 0 Å². The monoisotopic (exact) mass is 378 g/mol. The molecule has 1 aliphatic heterocycles. The highest BCUT2D eigenvalue weighted by molar-refractivity contribution is 6.42. The molecule has 1 fully saturated rings. The number of nitrogens with zero attached hydrogens (tertiary/aromatic N) is 1. The minimum absolute atomic E-state index is 0.253. The van der Waals surface area contributed by atoms with Crippen LogP contribution in [0.1, 0.15) is 23.2 Å². The van der Waals surface area contributed by atoms with Gasteiger partial charge in [0.15, 0.2) is 5.66 Å². The van der Waals surface area contributed by atoms with Crippen molar-refractivity contribution in [2.24, 2.45) is 0 Å². The number of anilines is 1. The summed E-state index contributed by atoms with van der Waals surface area (Å²) < 4.78 is 0. The Morgan fingerprint density at radius 1 is 1.08 bits per heavy atom. The zero-order valence-electron chi connectivity index (χ0n) is 13.2. The van der Waals surface area contributed by atoms with Crippen molar-refractivity contribution in [3.8, 4) is 0 Å². The number of aliphatic carboxylic acids is 1. The summed E-state index contributed by atoms with van der Waals surface area (Å²) in [6.45, 7) is 0.506. The van der Waals surface area contributed by atoms with Crippen molar-refractivity contribution in [2.75, 3.05) is 11.4 Å². The van der Waals surface area contributed by atoms with E-state index in [2.05, 4.69) is 5.32 Å². The molecule has 25 heavy (non-hydrogen) atoms. The summed E-state index contributed by atoms with van der Waals surface area (Å²) in [6, 6.07) is 13.2. The maximum Gasteiger partial charge on any atom is 0.345 e. The van der Waals surface area contributed by atoms with E-state index in [1.165, 1.54) is 11.0 Å². The zero-order valence-corrected chi connectivity index (χ0v) is 14.7. The van der Waals surface area contributed by atoms with E-state index in [4.69, 9.17) is 23.2 Å². The summed E-state index contributed by atoms with van der Waals surface area (Å²) in [5.74, 6) is -1.53. The molecule has 2 aromatic carbocycles. The van der Waals surface area contributed by atoms with Crippen LogP contribution in [0.4, 0.5) is 5.69 Å². The second-order valence-electron chi connectivity index (χ2n) is 5.80. The van der Waals surface area contributed by atoms with Gasteiger partial charge in [0, 0.05) is 11.3 Å². The van der Waals surface area contributed by atoms with Crippen LogP contribution in [0.2, 0.25) is 10.0 Å². The van der Waals surface area contributed by atoms with Crippen molar-refractivity contribution in [3.63, 3.8) is 0 Å². The third kappa shape index (κ3) is 3.23. The Morgan fingerprint density at radius 2 is 1.80 bits per heavy atom. The van der Waals surface area contributed by atoms with Crippen LogP contribution in [-0.2, 0) is 4.79 Å². The molecular weight excluding hydrogens is 363 g/mol. The third-order valence-electron chi connectivity index (χ3n) is 4.25. The van der Waals surface area contributed by atoms with E-state index in [0.29, 0.717) is 35.7 Å². The SMILES string of the molecule is O=C(c1ccccc1)N(c1ccc(Cl)c(Cl)c1)[C@@]1(C(=O)O)CCCN1. The lowest BCUT2D eigenvalue weighted by atomic mass is 10.0. The average Bonchev–Trinajstić information content (AvgIpc) is 3.10. The Hall–Kier alpha value is -2.08. The highest BCUT2D eigenvalue weighted by Gasteiger charge is 2.49. The second-order valence-corrected chi connectivity index (χ2v) is 6.62. The number of amides is 1. The van der Waals surface area contributed by atoms with Gasteiger partial charge in [-0.2, -0.15) is 0 Å². The first-order valence-electron chi connectivity index (χ1n) is 7.79. The molecule has 0 aromatic heterocycles. The van der Waals surface area contributed by atoms with Gasteiger partial charge >= 0.3 is 5.97 Å². The molecule has 7 heteroatoms. The van der Waals surface area contributed by atoms with Gasteiger partial charge in [-0.1, -0.05) is 41.4 Å². The van der Waals surface area contributed by atoms with Crippen LogP contribution in [0.3, 0.4) is 0 Å². The number of carbonyl (C=O) groups excluding carboxylic acids is 1. The number of nitrogens with one attached hydrogen (secondary N) is 1. The van der Waals surface area contributed by atoms with E-state index in [9.17, 15) is 14.7 Å². The molecule has 0 aliphatic carbocycles. The van der Waals surface area contributed by atoms with E-state index in [1.807, 2.05) is 0 Å². The van der Waals surface area contributed by atoms with Crippen molar-refractivity contribution >= 4 is 40.8 Å². The van der Waals surface area contributed by atoms with Crippen LogP contribution >= 0.6 is 23.2 Å². The summed E-state index contributed by atoms with van der Waals surface area (Å²) in [7, 11) is 0. The fourth-order valence-electron chi connectivity index (χ4n) is 3.04. The van der Waals surface area contributed by atoms with Crippen LogP contribution in [0, 0.1) is 0 Å². The largest absolute Gasteiger partial charge is 0.478 e. The lowest BCUT2D eigenvalue weighted by Crippen LogP contribution is -2.63. The molecule has 0 radical (unpaired) electrons. The molecule has 1 amide bonds. The number of hydrogen-bond acceptors (Lipinski definition) is 3. The van der Waals surface area contributed by atoms with Gasteiger partial charge in [-0.05, 0) is 49.7 Å². The Balaban J connectivity index is 2.15. The minimum Gasteiger partial charge on any atom is -0.478 e. The van der Waals surface area contributed by atoms with Crippen LogP contribution in [0.25, 0.3) is 0 Å². The van der Waals surface area contributed by atoms with Crippen molar-refractivity contribution in [3.05, 3.63) is 64.1 Å². The number of hydrogen-bond donors (Lipinski definition) is 2. The molecule has 1 atom stereocenters. The predicted octanol–water partition coefficient (Wildman–Crippen LogP) is 3.80. The Kier molecular flexibility index (Phi) is 4.99. The Labute approximate surface area is 155 Å². The van der Waals surface area contributed by atoms with E-state index >= 15 is 0 Å². The van der Waals surface area contributed by atoms with E-state index in [-0.39, 0.29) is 5.02 Å². The smallest absolute Gasteiger partial charge is 0.345 e. The fourth-order valence-corrected chi connectivity index (χ4v) is 3.33. The van der Waals surface area contributed by atoms with Gasteiger partial charge in [0.05, 0.1) is 10.0 Å². The molecule has 1 aliphatic rings. The van der Waals surface area contributed by atoms with Gasteiger partial charge in [-0.25, -0.2) is 4.79 Å². The van der Waals surface area contributed by atoms with Crippen LogP contribution in [0.15, 0.2) is 48.5 Å². The molecule has 5 nitrogen and oxygen atoms in total. The fraction of sp³-hybridized carbons (Fsp3) is 0.222. The molecule has 0 spiro atoms. The van der Waals surface area contributed by atoms with E-state index in [1.54, 1.807) is 42.5 Å². The molecule has 3 rings (SSSR count). The molecule has 0 saturated carbocycles. The standard InChI is InChI=1S/C18H16Cl2N2O3/c19-14-8-7-13(11-15(14)20)22(16(23)12-5-2-1-3-6-12)18(17(24)25)9-4-10-21-18/h1-3,5-8,11,21H,4,9-10H2,(H,24,25)/t18-/m1/s1. The van der Waals surface area contributed by atoms with E-state index < -0.39 is 17.5 Å². The number of benzene rings is 2. The van der Waals surface area contributed by atoms with Gasteiger partial charge in [-0.15, -0.1) is 0 Å². The molecule has 0 bridgehead atoms. The normalized spacial score (nSPS) is 19.6. The topological polar surface area (TPSA) is 69.6 Å². The number of carboxylic acids is 1. The highest BCUT2D eigenvalue weighted by Crippen LogP contribution is 2.35.